The average Bonchev–Trinajstić information content (AvgIpc) is 3.35. The number of carboxylic acid groups (broad SMARTS) is 1. The summed E-state index contributed by atoms with van der Waals surface area (Å²) in [7, 11) is 9.96. The first-order chi connectivity index (χ1) is 35.7. The number of fused-ring (bicyclic) bond motifs is 2. The summed E-state index contributed by atoms with van der Waals surface area (Å²) in [5.41, 5.74) is -4.36. The van der Waals surface area contributed by atoms with Crippen molar-refractivity contribution < 1.29 is 82.6 Å². The molecule has 23 heteroatoms. The standard InChI is InChI=1S/C53H83N5O18/c1-28-25-51(6,66)45(75-49-42(60)37(56(8)9)23-29(2)71-49)30(3)43(31(4)48(64)73-38-18-19-53(38,67)44(61)40(28)55-69-13)74-39-26-52(7,68-12)46(32(5)72-39)76-50(65)54-20-22-70-21-14-15-33-16-17-36-34(24-33)41(59)35(47(62)63)27-58(36)57(10)11/h16-17,24,27-32,37-39,42-46,49,60-61,66-67H,14-15,18-23,25-26H2,1-13H3,(H,54,65)(H,62,63)/b55-40+/t28-,29-,30+,31-,32+,37+,38-,39+,42-,43+,44-,45-,46+,49+,51-,52-,53-/m1/s1. The van der Waals surface area contributed by atoms with E-state index in [1.165, 1.54) is 20.4 Å². The maximum absolute atomic E-state index is 14.3. The lowest BCUT2D eigenvalue weighted by molar-refractivity contribution is -0.317. The van der Waals surface area contributed by atoms with E-state index in [9.17, 15) is 44.7 Å². The van der Waals surface area contributed by atoms with Crippen LogP contribution >= 0.6 is 0 Å². The number of ether oxygens (including phenoxy) is 8. The van der Waals surface area contributed by atoms with Crippen LogP contribution in [0.4, 0.5) is 4.79 Å². The van der Waals surface area contributed by atoms with E-state index in [1.54, 1.807) is 77.5 Å². The summed E-state index contributed by atoms with van der Waals surface area (Å²) in [4.78, 5) is 59.5. The first-order valence-corrected chi connectivity index (χ1v) is 26.2. The highest BCUT2D eigenvalue weighted by Gasteiger charge is 2.58. The molecule has 4 heterocycles. The van der Waals surface area contributed by atoms with Crippen LogP contribution in [-0.4, -0.2) is 205 Å². The van der Waals surface area contributed by atoms with Crippen LogP contribution in [0.3, 0.4) is 0 Å². The van der Waals surface area contributed by atoms with Crippen molar-refractivity contribution in [1.29, 1.82) is 0 Å². The molecule has 4 aliphatic rings. The zero-order chi connectivity index (χ0) is 56.2. The zero-order valence-electron chi connectivity index (χ0n) is 46.3. The van der Waals surface area contributed by atoms with Gasteiger partial charge < -0.3 is 83.5 Å². The third kappa shape index (κ3) is 13.3. The van der Waals surface area contributed by atoms with Gasteiger partial charge in [0, 0.05) is 70.2 Å². The van der Waals surface area contributed by atoms with E-state index in [-0.39, 0.29) is 62.3 Å². The van der Waals surface area contributed by atoms with Crippen LogP contribution in [0.1, 0.15) is 103 Å². The molecule has 6 rings (SSSR count). The number of nitrogens with zero attached hydrogens (tertiary/aromatic N) is 4. The summed E-state index contributed by atoms with van der Waals surface area (Å²) in [5.74, 6) is -4.81. The maximum Gasteiger partial charge on any atom is 0.407 e. The number of aromatic carboxylic acids is 1. The van der Waals surface area contributed by atoms with Crippen molar-refractivity contribution in [2.75, 3.05) is 67.2 Å². The van der Waals surface area contributed by atoms with Gasteiger partial charge in [0.2, 0.25) is 5.43 Å². The number of oxime groups is 1. The SMILES string of the molecule is CO/N=C1\[C@H](C)C[C@@](C)(O)[C@H](O[C@@H]2O[C@H](C)C[C@H](N(C)C)[C@H]2O)[C@@H](C)[C@H](O[C@H]2C[C@@](C)(OC)[C@@H](OC(=O)NCCOCCCc3ccc4c(c3)c(=O)c(C(=O)O)cn4N(C)C)[C@H](C)O2)[C@@H](C)C(=O)O[C@@H]2CC[C@]2(O)[C@@H]1O. The van der Waals surface area contributed by atoms with Crippen molar-refractivity contribution in [2.24, 2.45) is 22.9 Å². The van der Waals surface area contributed by atoms with E-state index in [1.807, 2.05) is 32.0 Å². The quantitative estimate of drug-likeness (QED) is 0.0754. The van der Waals surface area contributed by atoms with Gasteiger partial charge in [-0.05, 0) is 105 Å². The second kappa shape index (κ2) is 25.1. The molecule has 2 aromatic rings. The maximum atomic E-state index is 14.3. The topological polar surface area (TPSA) is 288 Å². The number of alkyl carbamates (subject to hydrolysis) is 1. The Bertz CT molecular complexity index is 2420. The lowest BCUT2D eigenvalue weighted by Gasteiger charge is -2.49. The first kappa shape index (κ1) is 60.7. The second-order valence-corrected chi connectivity index (χ2v) is 22.1. The van der Waals surface area contributed by atoms with Crippen molar-refractivity contribution in [3.63, 3.8) is 0 Å². The van der Waals surface area contributed by atoms with Crippen molar-refractivity contribution in [3.05, 3.63) is 45.7 Å². The number of hydrogen-bond acceptors (Lipinski definition) is 20. The molecule has 1 aromatic heterocycles. The van der Waals surface area contributed by atoms with Crippen molar-refractivity contribution in [3.8, 4) is 0 Å². The van der Waals surface area contributed by atoms with Gasteiger partial charge in [-0.15, -0.1) is 0 Å². The summed E-state index contributed by atoms with van der Waals surface area (Å²) in [6.07, 6.45) is -8.28. The Labute approximate surface area is 444 Å². The number of amides is 1. The van der Waals surface area contributed by atoms with Crippen molar-refractivity contribution in [1.82, 2.24) is 14.9 Å². The molecule has 3 saturated heterocycles. The fourth-order valence-electron chi connectivity index (χ4n) is 11.4. The normalized spacial score (nSPS) is 37.0. The third-order valence-corrected chi connectivity index (χ3v) is 15.8. The molecule has 1 aromatic carbocycles. The number of carbonyl (C=O) groups excluding carboxylic acids is 2. The Morgan fingerprint density at radius 3 is 2.29 bits per heavy atom. The van der Waals surface area contributed by atoms with Crippen molar-refractivity contribution in [2.45, 2.75) is 178 Å². The van der Waals surface area contributed by atoms with Gasteiger partial charge in [0.05, 0.1) is 53.8 Å². The molecule has 3 aliphatic heterocycles. The Morgan fingerprint density at radius 2 is 1.67 bits per heavy atom. The summed E-state index contributed by atoms with van der Waals surface area (Å²) in [6, 6.07) is 5.01. The number of carboxylic acids is 1. The molecule has 0 bridgehead atoms. The van der Waals surface area contributed by atoms with E-state index in [0.29, 0.717) is 36.8 Å². The number of esters is 1. The highest BCUT2D eigenvalue weighted by atomic mass is 16.7. The average molecular weight is 1080 g/mol. The first-order valence-electron chi connectivity index (χ1n) is 26.2. The van der Waals surface area contributed by atoms with Gasteiger partial charge in [0.1, 0.15) is 42.2 Å². The van der Waals surface area contributed by atoms with E-state index < -0.39 is 113 Å². The van der Waals surface area contributed by atoms with Gasteiger partial charge in [0.15, 0.2) is 18.7 Å². The number of aliphatic hydroxyl groups is 4. The van der Waals surface area contributed by atoms with Gasteiger partial charge in [-0.3, -0.25) is 14.3 Å². The molecule has 0 unspecified atom stereocenters. The molecule has 23 nitrogen and oxygen atoms in total. The van der Waals surface area contributed by atoms with Gasteiger partial charge in [0.25, 0.3) is 0 Å². The minimum atomic E-state index is -1.91. The second-order valence-electron chi connectivity index (χ2n) is 22.1. The molecule has 17 atom stereocenters. The number of carbonyl (C=O) groups is 3. The van der Waals surface area contributed by atoms with Gasteiger partial charge >= 0.3 is 18.0 Å². The summed E-state index contributed by atoms with van der Waals surface area (Å²) >= 11 is 0. The molecule has 1 amide bonds. The molecule has 4 fully saturated rings. The molecular weight excluding hydrogens is 995 g/mol. The molecule has 6 N–H and O–H groups in total. The van der Waals surface area contributed by atoms with Gasteiger partial charge in [-0.2, -0.15) is 0 Å². The summed E-state index contributed by atoms with van der Waals surface area (Å²) in [6.45, 7) is 12.5. The predicted molar refractivity (Wildman–Crippen MR) is 276 cm³/mol. The summed E-state index contributed by atoms with van der Waals surface area (Å²) < 4.78 is 51.6. The van der Waals surface area contributed by atoms with Gasteiger partial charge in [-0.1, -0.05) is 25.1 Å². The smallest absolute Gasteiger partial charge is 0.407 e. The molecule has 0 radical (unpaired) electrons. The monoisotopic (exact) mass is 1080 g/mol. The van der Waals surface area contributed by atoms with E-state index in [0.717, 1.165) is 5.56 Å². The van der Waals surface area contributed by atoms with Crippen LogP contribution in [0.15, 0.2) is 34.3 Å². The highest BCUT2D eigenvalue weighted by Crippen LogP contribution is 2.44. The molecule has 76 heavy (non-hydrogen) atoms. The van der Waals surface area contributed by atoms with E-state index in [4.69, 9.17) is 42.7 Å². The number of rotatable bonds is 17. The van der Waals surface area contributed by atoms with Gasteiger partial charge in [-0.25, -0.2) is 9.59 Å². The predicted octanol–water partition coefficient (Wildman–Crippen LogP) is 2.54. The van der Waals surface area contributed by atoms with E-state index in [2.05, 4.69) is 10.5 Å². The molecule has 0 spiro atoms. The number of aryl methyl sites for hydroxylation is 1. The lowest BCUT2D eigenvalue weighted by Crippen LogP contribution is -2.64. The number of aliphatic hydroxyl groups excluding tert-OH is 2. The number of aromatic nitrogens is 1. The number of benzene rings is 1. The highest BCUT2D eigenvalue weighted by molar-refractivity contribution is 5.93. The minimum absolute atomic E-state index is 0.000434. The lowest BCUT2D eigenvalue weighted by atomic mass is 9.69. The molecule has 1 saturated carbocycles. The Morgan fingerprint density at radius 1 is 0.961 bits per heavy atom. The van der Waals surface area contributed by atoms with Crippen LogP contribution in [-0.2, 0) is 53.9 Å². The fourth-order valence-corrected chi connectivity index (χ4v) is 11.4. The molecule has 428 valence electrons. The largest absolute Gasteiger partial charge is 0.477 e. The third-order valence-electron chi connectivity index (χ3n) is 15.8. The van der Waals surface area contributed by atoms with Crippen molar-refractivity contribution >= 4 is 34.6 Å². The zero-order valence-corrected chi connectivity index (χ0v) is 46.3. The Kier molecular flexibility index (Phi) is 20.0. The number of pyridine rings is 1. The Balaban J connectivity index is 1.14. The number of nitrogens with one attached hydrogen (secondary N) is 1. The van der Waals surface area contributed by atoms with Crippen LogP contribution in [0, 0.1) is 17.8 Å². The van der Waals surface area contributed by atoms with Crippen LogP contribution in [0.5, 0.6) is 0 Å². The molecular formula is C53H83N5O18. The van der Waals surface area contributed by atoms with E-state index >= 15 is 0 Å². The van der Waals surface area contributed by atoms with Crippen LogP contribution in [0.25, 0.3) is 10.9 Å². The number of methoxy groups -OCH3 is 1. The minimum Gasteiger partial charge on any atom is -0.477 e. The van der Waals surface area contributed by atoms with Crippen LogP contribution < -0.4 is 15.8 Å². The number of likely N-dealkylation sites (N-methyl/N-ethyl adjacent to an activating group) is 1. The fraction of sp³-hybridized carbons (Fsp3) is 0.755. The molecule has 1 aliphatic carbocycles. The number of hydrogen-bond donors (Lipinski definition) is 6. The summed E-state index contributed by atoms with van der Waals surface area (Å²) in [5, 5.41) is 66.4. The van der Waals surface area contributed by atoms with Crippen LogP contribution in [0.2, 0.25) is 0 Å². The Hall–Kier alpha value is -4.53.